The molecule has 17 heavy (non-hydrogen) atoms. The van der Waals surface area contributed by atoms with E-state index in [4.69, 9.17) is 5.26 Å². The smallest absolute Gasteiger partial charge is 0.0622 e. The van der Waals surface area contributed by atoms with Gasteiger partial charge < -0.3 is 0 Å². The fourth-order valence-electron chi connectivity index (χ4n) is 1.54. The summed E-state index contributed by atoms with van der Waals surface area (Å²) >= 11 is 1.91. The van der Waals surface area contributed by atoms with E-state index in [1.807, 2.05) is 11.8 Å². The second-order valence-electron chi connectivity index (χ2n) is 5.26. The SMILES string of the molecule is CC(C)(C)c1ccc(CSCCCC#N)cc1. The molecule has 0 heterocycles. The Kier molecular flexibility index (Phi) is 5.58. The number of hydrogen-bond acceptors (Lipinski definition) is 2. The molecule has 0 radical (unpaired) electrons. The highest BCUT2D eigenvalue weighted by Gasteiger charge is 2.12. The van der Waals surface area contributed by atoms with E-state index >= 15 is 0 Å². The Morgan fingerprint density at radius 1 is 1.18 bits per heavy atom. The van der Waals surface area contributed by atoms with E-state index < -0.39 is 0 Å². The molecule has 0 aliphatic heterocycles. The summed E-state index contributed by atoms with van der Waals surface area (Å²) < 4.78 is 0. The van der Waals surface area contributed by atoms with E-state index in [1.165, 1.54) is 11.1 Å². The van der Waals surface area contributed by atoms with Crippen LogP contribution in [0.5, 0.6) is 0 Å². The summed E-state index contributed by atoms with van der Waals surface area (Å²) in [4.78, 5) is 0. The van der Waals surface area contributed by atoms with Gasteiger partial charge in [-0.3, -0.25) is 0 Å². The van der Waals surface area contributed by atoms with Crippen molar-refractivity contribution in [3.05, 3.63) is 35.4 Å². The average molecular weight is 247 g/mol. The van der Waals surface area contributed by atoms with Gasteiger partial charge in [0.05, 0.1) is 6.07 Å². The monoisotopic (exact) mass is 247 g/mol. The van der Waals surface area contributed by atoms with Crippen LogP contribution in [-0.2, 0) is 11.2 Å². The first-order chi connectivity index (χ1) is 8.04. The third-order valence-corrected chi connectivity index (χ3v) is 3.78. The molecule has 0 aliphatic rings. The first kappa shape index (κ1) is 14.1. The number of unbranched alkanes of at least 4 members (excludes halogenated alkanes) is 1. The predicted molar refractivity (Wildman–Crippen MR) is 76.2 cm³/mol. The molecule has 92 valence electrons. The zero-order chi connectivity index (χ0) is 12.7. The number of nitrogens with zero attached hydrogens (tertiary/aromatic N) is 1. The topological polar surface area (TPSA) is 23.8 Å². The van der Waals surface area contributed by atoms with Crippen molar-refractivity contribution in [3.8, 4) is 6.07 Å². The molecule has 0 atom stereocenters. The molecule has 1 nitrogen and oxygen atoms in total. The van der Waals surface area contributed by atoms with Gasteiger partial charge in [-0.25, -0.2) is 0 Å². The molecule has 0 fully saturated rings. The van der Waals surface area contributed by atoms with Crippen LogP contribution in [0.15, 0.2) is 24.3 Å². The van der Waals surface area contributed by atoms with Crippen molar-refractivity contribution in [3.63, 3.8) is 0 Å². The summed E-state index contributed by atoms with van der Waals surface area (Å²) in [6.07, 6.45) is 1.68. The number of benzene rings is 1. The molecular weight excluding hydrogens is 226 g/mol. The molecule has 0 amide bonds. The van der Waals surface area contributed by atoms with E-state index in [2.05, 4.69) is 51.1 Å². The maximum atomic E-state index is 8.43. The van der Waals surface area contributed by atoms with Crippen LogP contribution in [0, 0.1) is 11.3 Å². The summed E-state index contributed by atoms with van der Waals surface area (Å²) in [7, 11) is 0. The maximum absolute atomic E-state index is 8.43. The molecule has 0 unspecified atom stereocenters. The lowest BCUT2D eigenvalue weighted by Crippen LogP contribution is -2.10. The fourth-order valence-corrected chi connectivity index (χ4v) is 2.47. The minimum Gasteiger partial charge on any atom is -0.198 e. The van der Waals surface area contributed by atoms with E-state index in [1.54, 1.807) is 0 Å². The maximum Gasteiger partial charge on any atom is 0.0622 e. The van der Waals surface area contributed by atoms with Crippen LogP contribution in [0.25, 0.3) is 0 Å². The van der Waals surface area contributed by atoms with Crippen molar-refractivity contribution in [2.45, 2.75) is 44.8 Å². The summed E-state index contributed by atoms with van der Waals surface area (Å²) in [5.41, 5.74) is 2.99. The minimum atomic E-state index is 0.235. The first-order valence-corrected chi connectivity index (χ1v) is 7.23. The largest absolute Gasteiger partial charge is 0.198 e. The minimum absolute atomic E-state index is 0.235. The standard InChI is InChI=1S/C15H21NS/c1-15(2,3)14-8-6-13(7-9-14)12-17-11-5-4-10-16/h6-9H,4-5,11-12H2,1-3H3. The molecule has 0 bridgehead atoms. The van der Waals surface area contributed by atoms with E-state index in [0.717, 1.165) is 17.9 Å². The van der Waals surface area contributed by atoms with Gasteiger partial charge in [0.15, 0.2) is 0 Å². The van der Waals surface area contributed by atoms with Gasteiger partial charge in [0.1, 0.15) is 0 Å². The summed E-state index contributed by atoms with van der Waals surface area (Å²) in [5, 5.41) is 8.43. The van der Waals surface area contributed by atoms with E-state index in [-0.39, 0.29) is 5.41 Å². The van der Waals surface area contributed by atoms with Gasteiger partial charge in [-0.2, -0.15) is 17.0 Å². The predicted octanol–water partition coefficient (Wildman–Crippen LogP) is 4.52. The van der Waals surface area contributed by atoms with E-state index in [0.29, 0.717) is 6.42 Å². The number of hydrogen-bond donors (Lipinski definition) is 0. The molecule has 1 aromatic rings. The van der Waals surface area contributed by atoms with Crippen molar-refractivity contribution in [2.24, 2.45) is 0 Å². The molecule has 0 aliphatic carbocycles. The molecule has 0 saturated heterocycles. The van der Waals surface area contributed by atoms with Gasteiger partial charge in [-0.05, 0) is 28.7 Å². The van der Waals surface area contributed by atoms with Crippen molar-refractivity contribution in [2.75, 3.05) is 5.75 Å². The van der Waals surface area contributed by atoms with Crippen molar-refractivity contribution in [1.29, 1.82) is 5.26 Å². The van der Waals surface area contributed by atoms with Gasteiger partial charge in [-0.1, -0.05) is 45.0 Å². The molecule has 0 N–H and O–H groups in total. The molecule has 1 aromatic carbocycles. The highest BCUT2D eigenvalue weighted by Crippen LogP contribution is 2.23. The Bertz CT molecular complexity index is 367. The molecule has 0 spiro atoms. The molecule has 1 rings (SSSR count). The van der Waals surface area contributed by atoms with Crippen molar-refractivity contribution < 1.29 is 0 Å². The number of nitriles is 1. The molecular formula is C15H21NS. The second-order valence-corrected chi connectivity index (χ2v) is 6.37. The van der Waals surface area contributed by atoms with Crippen LogP contribution in [0.1, 0.15) is 44.7 Å². The van der Waals surface area contributed by atoms with Crippen LogP contribution in [0.4, 0.5) is 0 Å². The highest BCUT2D eigenvalue weighted by atomic mass is 32.2. The van der Waals surface area contributed by atoms with Crippen molar-refractivity contribution >= 4 is 11.8 Å². The summed E-state index contributed by atoms with van der Waals surface area (Å²) in [6.45, 7) is 6.70. The van der Waals surface area contributed by atoms with Gasteiger partial charge in [-0.15, -0.1) is 0 Å². The Morgan fingerprint density at radius 3 is 2.35 bits per heavy atom. The first-order valence-electron chi connectivity index (χ1n) is 6.08. The average Bonchev–Trinajstić information content (AvgIpc) is 2.28. The van der Waals surface area contributed by atoms with Gasteiger partial charge in [0, 0.05) is 12.2 Å². The Balaban J connectivity index is 2.39. The van der Waals surface area contributed by atoms with Crippen LogP contribution in [0.3, 0.4) is 0 Å². The van der Waals surface area contributed by atoms with Gasteiger partial charge >= 0.3 is 0 Å². The third-order valence-electron chi connectivity index (χ3n) is 2.67. The zero-order valence-corrected chi connectivity index (χ0v) is 11.8. The Labute approximate surface area is 109 Å². The van der Waals surface area contributed by atoms with Crippen molar-refractivity contribution in [1.82, 2.24) is 0 Å². The highest BCUT2D eigenvalue weighted by molar-refractivity contribution is 7.98. The zero-order valence-electron chi connectivity index (χ0n) is 11.0. The van der Waals surface area contributed by atoms with Gasteiger partial charge in [0.25, 0.3) is 0 Å². The van der Waals surface area contributed by atoms with Crippen LogP contribution in [0.2, 0.25) is 0 Å². The lowest BCUT2D eigenvalue weighted by Gasteiger charge is -2.19. The third kappa shape index (κ3) is 5.28. The van der Waals surface area contributed by atoms with E-state index in [9.17, 15) is 0 Å². The van der Waals surface area contributed by atoms with Crippen LogP contribution >= 0.6 is 11.8 Å². The fraction of sp³-hybridized carbons (Fsp3) is 0.533. The molecule has 2 heteroatoms. The number of rotatable bonds is 5. The summed E-state index contributed by atoms with van der Waals surface area (Å²) in [6, 6.07) is 11.1. The Morgan fingerprint density at radius 2 is 1.82 bits per heavy atom. The number of thioether (sulfide) groups is 1. The molecule has 0 aromatic heterocycles. The summed E-state index contributed by atoms with van der Waals surface area (Å²) in [5.74, 6) is 2.13. The van der Waals surface area contributed by atoms with Crippen LogP contribution < -0.4 is 0 Å². The van der Waals surface area contributed by atoms with Gasteiger partial charge in [0.2, 0.25) is 0 Å². The van der Waals surface area contributed by atoms with Crippen LogP contribution in [-0.4, -0.2) is 5.75 Å². The lowest BCUT2D eigenvalue weighted by molar-refractivity contribution is 0.590. The lowest BCUT2D eigenvalue weighted by atomic mass is 9.87. The second kappa shape index (κ2) is 6.71. The molecule has 0 saturated carbocycles. The normalized spacial score (nSPS) is 11.2. The quantitative estimate of drug-likeness (QED) is 0.714. The Hall–Kier alpha value is -0.940.